The summed E-state index contributed by atoms with van der Waals surface area (Å²) in [7, 11) is -4.22. The molecule has 14 heteroatoms. The summed E-state index contributed by atoms with van der Waals surface area (Å²) >= 11 is 0. The molecule has 0 radical (unpaired) electrons. The number of alkyl halides is 3. The third-order valence-electron chi connectivity index (χ3n) is 6.59. The van der Waals surface area contributed by atoms with Crippen LogP contribution in [-0.2, 0) is 27.5 Å². The third-order valence-corrected chi connectivity index (χ3v) is 8.60. The van der Waals surface area contributed by atoms with E-state index in [1.807, 2.05) is 0 Å². The molecule has 0 spiro atoms. The van der Waals surface area contributed by atoms with Crippen molar-refractivity contribution in [3.05, 3.63) is 90.3 Å². The zero-order chi connectivity index (χ0) is 29.4. The monoisotopic (exact) mass is 584 g/mol. The second kappa shape index (κ2) is 11.0. The molecule has 3 heterocycles. The Labute approximate surface area is 225 Å². The number of rotatable bonds is 7. The first-order chi connectivity index (χ1) is 18.7. The molecule has 1 fully saturated rings. The van der Waals surface area contributed by atoms with Crippen LogP contribution < -0.4 is 5.32 Å². The summed E-state index contributed by atoms with van der Waals surface area (Å²) in [6.07, 6.45) is -1.97. The number of pyridine rings is 2. The quantitative estimate of drug-likeness (QED) is 0.317. The number of benzene rings is 1. The van der Waals surface area contributed by atoms with E-state index >= 15 is 0 Å². The van der Waals surface area contributed by atoms with E-state index in [9.17, 15) is 39.6 Å². The van der Waals surface area contributed by atoms with Gasteiger partial charge < -0.3 is 5.32 Å². The van der Waals surface area contributed by atoms with Crippen LogP contribution in [-0.4, -0.2) is 40.7 Å². The predicted molar refractivity (Wildman–Crippen MR) is 131 cm³/mol. The Morgan fingerprint density at radius 1 is 1.10 bits per heavy atom. The average Bonchev–Trinajstić information content (AvgIpc) is 3.24. The van der Waals surface area contributed by atoms with Gasteiger partial charge in [-0.2, -0.15) is 17.5 Å². The summed E-state index contributed by atoms with van der Waals surface area (Å²) in [6.45, 7) is 5.02. The summed E-state index contributed by atoms with van der Waals surface area (Å²) < 4.78 is 108. The Bertz CT molecular complexity index is 1550. The minimum absolute atomic E-state index is 0.0595. The van der Waals surface area contributed by atoms with E-state index < -0.39 is 57.3 Å². The molecular formula is C26H22F6N4O3S. The van der Waals surface area contributed by atoms with Crippen LogP contribution in [0.4, 0.5) is 26.3 Å². The molecule has 3 atom stereocenters. The Morgan fingerprint density at radius 3 is 2.38 bits per heavy atom. The highest BCUT2D eigenvalue weighted by Gasteiger charge is 2.47. The molecule has 4 rings (SSSR count). The molecule has 1 amide bonds. The summed E-state index contributed by atoms with van der Waals surface area (Å²) in [5.41, 5.74) is -2.28. The SMILES string of the molecule is C=C[C@@H]1C[C@@H](C(=O)NCc2cc(-c3cnc(C(F)(F)F)c(F)c3)c(F)cn2)N(S(=O)(=O)c2ccc(F)cc2)[C@H]1C. The van der Waals surface area contributed by atoms with Gasteiger partial charge in [0.05, 0.1) is 23.3 Å². The lowest BCUT2D eigenvalue weighted by atomic mass is 10.0. The summed E-state index contributed by atoms with van der Waals surface area (Å²) in [4.78, 5) is 19.9. The summed E-state index contributed by atoms with van der Waals surface area (Å²) in [5.74, 6) is -4.36. The highest BCUT2D eigenvalue weighted by molar-refractivity contribution is 7.89. The minimum Gasteiger partial charge on any atom is -0.349 e. The first-order valence-corrected chi connectivity index (χ1v) is 13.2. The maximum Gasteiger partial charge on any atom is 0.436 e. The molecule has 3 aromatic rings. The van der Waals surface area contributed by atoms with E-state index in [1.165, 1.54) is 6.08 Å². The van der Waals surface area contributed by atoms with Gasteiger partial charge in [-0.05, 0) is 55.7 Å². The van der Waals surface area contributed by atoms with Gasteiger partial charge >= 0.3 is 6.18 Å². The zero-order valence-corrected chi connectivity index (χ0v) is 21.6. The number of amides is 1. The Kier molecular flexibility index (Phi) is 8.04. The molecule has 40 heavy (non-hydrogen) atoms. The molecule has 1 aliphatic rings. The highest BCUT2D eigenvalue weighted by atomic mass is 32.2. The number of hydrogen-bond acceptors (Lipinski definition) is 5. The molecule has 0 unspecified atom stereocenters. The zero-order valence-electron chi connectivity index (χ0n) is 20.8. The van der Waals surface area contributed by atoms with E-state index in [0.29, 0.717) is 12.3 Å². The maximum atomic E-state index is 14.4. The van der Waals surface area contributed by atoms with Crippen molar-refractivity contribution in [2.24, 2.45) is 5.92 Å². The van der Waals surface area contributed by atoms with E-state index in [1.54, 1.807) is 6.92 Å². The molecule has 1 saturated heterocycles. The van der Waals surface area contributed by atoms with Gasteiger partial charge in [0.15, 0.2) is 11.5 Å². The van der Waals surface area contributed by atoms with Gasteiger partial charge in [0.2, 0.25) is 15.9 Å². The van der Waals surface area contributed by atoms with E-state index in [0.717, 1.165) is 40.8 Å². The molecule has 1 aromatic carbocycles. The van der Waals surface area contributed by atoms with Crippen LogP contribution in [0.3, 0.4) is 0 Å². The minimum atomic E-state index is -5.03. The van der Waals surface area contributed by atoms with Gasteiger partial charge in [0.25, 0.3) is 0 Å². The lowest BCUT2D eigenvalue weighted by Gasteiger charge is -2.27. The summed E-state index contributed by atoms with van der Waals surface area (Å²) in [6, 6.07) is 3.95. The van der Waals surface area contributed by atoms with Crippen LogP contribution in [0.1, 0.15) is 24.7 Å². The number of sulfonamides is 1. The number of carbonyl (C=O) groups is 1. The van der Waals surface area contributed by atoms with Crippen molar-refractivity contribution in [1.82, 2.24) is 19.6 Å². The lowest BCUT2D eigenvalue weighted by Crippen LogP contribution is -2.48. The molecule has 212 valence electrons. The molecule has 0 aliphatic carbocycles. The molecule has 0 bridgehead atoms. The predicted octanol–water partition coefficient (Wildman–Crippen LogP) is 4.85. The number of carbonyl (C=O) groups excluding carboxylic acids is 1. The molecule has 1 aliphatic heterocycles. The molecule has 1 N–H and O–H groups in total. The first-order valence-electron chi connectivity index (χ1n) is 11.8. The number of aromatic nitrogens is 2. The number of halogens is 6. The van der Waals surface area contributed by atoms with Gasteiger partial charge in [-0.25, -0.2) is 26.6 Å². The van der Waals surface area contributed by atoms with Crippen molar-refractivity contribution < 1.29 is 39.6 Å². The topological polar surface area (TPSA) is 92.3 Å². The Morgan fingerprint density at radius 2 is 1.77 bits per heavy atom. The number of nitrogens with one attached hydrogen (secondary N) is 1. The van der Waals surface area contributed by atoms with E-state index in [-0.39, 0.29) is 40.6 Å². The fourth-order valence-corrected chi connectivity index (χ4v) is 6.39. The molecule has 7 nitrogen and oxygen atoms in total. The van der Waals surface area contributed by atoms with Crippen molar-refractivity contribution in [2.45, 2.75) is 43.0 Å². The maximum absolute atomic E-state index is 14.4. The van der Waals surface area contributed by atoms with E-state index in [2.05, 4.69) is 21.9 Å². The van der Waals surface area contributed by atoms with Crippen LogP contribution in [0.25, 0.3) is 11.1 Å². The number of nitrogens with zero attached hydrogens (tertiary/aromatic N) is 3. The van der Waals surface area contributed by atoms with Crippen LogP contribution >= 0.6 is 0 Å². The van der Waals surface area contributed by atoms with Gasteiger partial charge in [0.1, 0.15) is 17.7 Å². The van der Waals surface area contributed by atoms with Gasteiger partial charge in [-0.1, -0.05) is 6.08 Å². The van der Waals surface area contributed by atoms with Crippen LogP contribution in [0, 0.1) is 23.4 Å². The fraction of sp³-hybridized carbons (Fsp3) is 0.269. The summed E-state index contributed by atoms with van der Waals surface area (Å²) in [5, 5.41) is 2.54. The number of hydrogen-bond donors (Lipinski definition) is 1. The lowest BCUT2D eigenvalue weighted by molar-refractivity contribution is -0.143. The Hall–Kier alpha value is -3.78. The average molecular weight is 585 g/mol. The second-order valence-corrected chi connectivity index (χ2v) is 10.9. The largest absolute Gasteiger partial charge is 0.436 e. The molecule has 2 aromatic heterocycles. The van der Waals surface area contributed by atoms with Crippen molar-refractivity contribution in [2.75, 3.05) is 0 Å². The van der Waals surface area contributed by atoms with Crippen LogP contribution in [0.15, 0.2) is 66.3 Å². The Balaban J connectivity index is 1.56. The highest BCUT2D eigenvalue weighted by Crippen LogP contribution is 2.36. The van der Waals surface area contributed by atoms with Gasteiger partial charge in [0, 0.05) is 23.4 Å². The smallest absolute Gasteiger partial charge is 0.349 e. The van der Waals surface area contributed by atoms with Crippen molar-refractivity contribution in [3.63, 3.8) is 0 Å². The van der Waals surface area contributed by atoms with Crippen molar-refractivity contribution >= 4 is 15.9 Å². The van der Waals surface area contributed by atoms with Crippen LogP contribution in [0.5, 0.6) is 0 Å². The normalized spacial score (nSPS) is 19.9. The van der Waals surface area contributed by atoms with Crippen molar-refractivity contribution in [1.29, 1.82) is 0 Å². The third kappa shape index (κ3) is 5.72. The fourth-order valence-electron chi connectivity index (χ4n) is 4.55. The molecule has 0 saturated carbocycles. The molecular weight excluding hydrogens is 562 g/mol. The standard InChI is InChI=1S/C26H22F6N4O3S/c1-3-15-9-23(36(14(15)2)40(38,39)19-6-4-17(27)5-7-19)25(37)35-12-18-10-20(22(29)13-33-18)16-8-21(28)24(34-11-16)26(30,31)32/h3-8,10-11,13-15,23H,1,9,12H2,2H3,(H,35,37)/t14-,15+,23-/m0/s1. The van der Waals surface area contributed by atoms with E-state index in [4.69, 9.17) is 0 Å². The first kappa shape index (κ1) is 29.2. The second-order valence-electron chi connectivity index (χ2n) is 9.11. The van der Waals surface area contributed by atoms with Gasteiger partial charge in [-0.3, -0.25) is 9.78 Å². The van der Waals surface area contributed by atoms with Crippen molar-refractivity contribution in [3.8, 4) is 11.1 Å². The van der Waals surface area contributed by atoms with Crippen LogP contribution in [0.2, 0.25) is 0 Å². The van der Waals surface area contributed by atoms with Gasteiger partial charge in [-0.15, -0.1) is 6.58 Å².